The van der Waals surface area contributed by atoms with Gasteiger partial charge in [-0.3, -0.25) is 4.79 Å². The number of aliphatic hydroxyl groups is 1. The average Bonchev–Trinajstić information content (AvgIpc) is 2.44. The Hall–Kier alpha value is -1.75. The first kappa shape index (κ1) is 15.3. The lowest BCUT2D eigenvalue weighted by atomic mass is 10.1. The van der Waals surface area contributed by atoms with Crippen molar-refractivity contribution < 1.29 is 24.1 Å². The number of hydrogen-bond acceptors (Lipinski definition) is 5. The van der Waals surface area contributed by atoms with Crippen molar-refractivity contribution in [1.82, 2.24) is 0 Å². The van der Waals surface area contributed by atoms with Crippen LogP contribution in [0, 0.1) is 0 Å². The zero-order chi connectivity index (χ0) is 14.3. The molecule has 1 aromatic rings. The van der Waals surface area contributed by atoms with E-state index in [-0.39, 0.29) is 6.42 Å². The molecule has 0 aromatic heterocycles. The predicted octanol–water partition coefficient (Wildman–Crippen LogP) is 2.08. The number of ether oxygens (including phenoxy) is 3. The molecule has 106 valence electrons. The lowest BCUT2D eigenvalue weighted by molar-refractivity contribution is -0.146. The van der Waals surface area contributed by atoms with Gasteiger partial charge in [0.05, 0.1) is 33.4 Å². The first-order valence-electron chi connectivity index (χ1n) is 6.17. The maximum atomic E-state index is 11.4. The highest BCUT2D eigenvalue weighted by Crippen LogP contribution is 2.27. The molecule has 0 fully saturated rings. The zero-order valence-corrected chi connectivity index (χ0v) is 11.5. The van der Waals surface area contributed by atoms with Gasteiger partial charge in [0.25, 0.3) is 0 Å². The van der Waals surface area contributed by atoms with E-state index in [1.165, 1.54) is 14.2 Å². The summed E-state index contributed by atoms with van der Waals surface area (Å²) in [6, 6.07) is 5.03. The number of benzene rings is 1. The van der Waals surface area contributed by atoms with Crippen LogP contribution in [0.5, 0.6) is 11.5 Å². The van der Waals surface area contributed by atoms with Gasteiger partial charge in [0.2, 0.25) is 0 Å². The SMILES string of the molecule is CCCOC(=O)CC(O)c1cc(OC)cc(OC)c1. The van der Waals surface area contributed by atoms with E-state index in [0.29, 0.717) is 23.7 Å². The molecule has 0 bridgehead atoms. The summed E-state index contributed by atoms with van der Waals surface area (Å²) in [4.78, 5) is 11.4. The van der Waals surface area contributed by atoms with Gasteiger partial charge in [-0.25, -0.2) is 0 Å². The van der Waals surface area contributed by atoms with Crippen LogP contribution in [0.3, 0.4) is 0 Å². The lowest BCUT2D eigenvalue weighted by Crippen LogP contribution is -2.11. The standard InChI is InChI=1S/C14H20O5/c1-4-5-19-14(16)9-13(15)10-6-11(17-2)8-12(7-10)18-3/h6-8,13,15H,4-5,9H2,1-3H3. The molecule has 0 spiro atoms. The van der Waals surface area contributed by atoms with Crippen molar-refractivity contribution in [2.24, 2.45) is 0 Å². The summed E-state index contributed by atoms with van der Waals surface area (Å²) in [5.74, 6) is 0.710. The van der Waals surface area contributed by atoms with E-state index in [1.807, 2.05) is 6.92 Å². The second kappa shape index (κ2) is 7.63. The van der Waals surface area contributed by atoms with Crippen LogP contribution < -0.4 is 9.47 Å². The summed E-state index contributed by atoms with van der Waals surface area (Å²) in [6.45, 7) is 2.28. The maximum Gasteiger partial charge on any atom is 0.308 e. The number of aliphatic hydroxyl groups excluding tert-OH is 1. The van der Waals surface area contributed by atoms with Crippen molar-refractivity contribution in [3.05, 3.63) is 23.8 Å². The number of carbonyl (C=O) groups excluding carboxylic acids is 1. The number of carbonyl (C=O) groups is 1. The largest absolute Gasteiger partial charge is 0.497 e. The Morgan fingerprint density at radius 2 is 1.79 bits per heavy atom. The molecule has 5 heteroatoms. The monoisotopic (exact) mass is 268 g/mol. The highest BCUT2D eigenvalue weighted by molar-refractivity contribution is 5.70. The minimum atomic E-state index is -0.937. The fraction of sp³-hybridized carbons (Fsp3) is 0.500. The van der Waals surface area contributed by atoms with Crippen LogP contribution in [-0.4, -0.2) is 31.9 Å². The summed E-state index contributed by atoms with van der Waals surface area (Å²) in [5, 5.41) is 10.0. The average molecular weight is 268 g/mol. The predicted molar refractivity (Wildman–Crippen MR) is 70.4 cm³/mol. The first-order valence-corrected chi connectivity index (χ1v) is 6.17. The van der Waals surface area contributed by atoms with Crippen LogP contribution >= 0.6 is 0 Å². The minimum absolute atomic E-state index is 0.0870. The zero-order valence-electron chi connectivity index (χ0n) is 11.5. The topological polar surface area (TPSA) is 65.0 Å². The van der Waals surface area contributed by atoms with Crippen LogP contribution in [0.25, 0.3) is 0 Å². The van der Waals surface area contributed by atoms with Gasteiger partial charge in [-0.1, -0.05) is 6.92 Å². The van der Waals surface area contributed by atoms with Gasteiger partial charge in [0.1, 0.15) is 11.5 Å². The molecule has 1 N–H and O–H groups in total. The number of esters is 1. The van der Waals surface area contributed by atoms with E-state index >= 15 is 0 Å². The smallest absolute Gasteiger partial charge is 0.308 e. The molecule has 19 heavy (non-hydrogen) atoms. The van der Waals surface area contributed by atoms with Crippen molar-refractivity contribution in [3.8, 4) is 11.5 Å². The van der Waals surface area contributed by atoms with E-state index in [4.69, 9.17) is 14.2 Å². The van der Waals surface area contributed by atoms with Crippen LogP contribution in [0.15, 0.2) is 18.2 Å². The summed E-state index contributed by atoms with van der Waals surface area (Å²) >= 11 is 0. The highest BCUT2D eigenvalue weighted by atomic mass is 16.5. The quantitative estimate of drug-likeness (QED) is 0.767. The Labute approximate surface area is 113 Å². The van der Waals surface area contributed by atoms with E-state index in [9.17, 15) is 9.90 Å². The van der Waals surface area contributed by atoms with E-state index in [0.717, 1.165) is 6.42 Å². The van der Waals surface area contributed by atoms with Gasteiger partial charge in [-0.05, 0) is 24.1 Å². The second-order valence-electron chi connectivity index (χ2n) is 4.09. The summed E-state index contributed by atoms with van der Waals surface area (Å²) in [5.41, 5.74) is 0.560. The Bertz CT molecular complexity index is 394. The molecule has 0 aliphatic heterocycles. The normalized spacial score (nSPS) is 11.8. The second-order valence-corrected chi connectivity index (χ2v) is 4.09. The van der Waals surface area contributed by atoms with Crippen LogP contribution in [-0.2, 0) is 9.53 Å². The molecule has 1 aromatic carbocycles. The van der Waals surface area contributed by atoms with Gasteiger partial charge in [-0.2, -0.15) is 0 Å². The molecule has 1 atom stereocenters. The summed E-state index contributed by atoms with van der Waals surface area (Å²) < 4.78 is 15.2. The van der Waals surface area contributed by atoms with Crippen molar-refractivity contribution in [2.75, 3.05) is 20.8 Å². The fourth-order valence-corrected chi connectivity index (χ4v) is 1.57. The lowest BCUT2D eigenvalue weighted by Gasteiger charge is -2.13. The van der Waals surface area contributed by atoms with Gasteiger partial charge in [0, 0.05) is 6.07 Å². The molecular weight excluding hydrogens is 248 g/mol. The van der Waals surface area contributed by atoms with Gasteiger partial charge >= 0.3 is 5.97 Å². The minimum Gasteiger partial charge on any atom is -0.497 e. The first-order chi connectivity index (χ1) is 9.10. The van der Waals surface area contributed by atoms with Gasteiger partial charge in [0.15, 0.2) is 0 Å². The molecule has 0 heterocycles. The van der Waals surface area contributed by atoms with E-state index in [1.54, 1.807) is 18.2 Å². The Morgan fingerprint density at radius 3 is 2.26 bits per heavy atom. The molecular formula is C14H20O5. The molecule has 0 saturated carbocycles. The van der Waals surface area contributed by atoms with Gasteiger partial charge < -0.3 is 19.3 Å². The molecule has 1 rings (SSSR count). The molecule has 0 radical (unpaired) electrons. The molecule has 0 amide bonds. The number of methoxy groups -OCH3 is 2. The van der Waals surface area contributed by atoms with Gasteiger partial charge in [-0.15, -0.1) is 0 Å². The Kier molecular flexibility index (Phi) is 6.15. The Balaban J connectivity index is 2.75. The summed E-state index contributed by atoms with van der Waals surface area (Å²) in [7, 11) is 3.06. The highest BCUT2D eigenvalue weighted by Gasteiger charge is 2.16. The van der Waals surface area contributed by atoms with Crippen molar-refractivity contribution in [3.63, 3.8) is 0 Å². The van der Waals surface area contributed by atoms with Crippen LogP contribution in [0.2, 0.25) is 0 Å². The van der Waals surface area contributed by atoms with Crippen molar-refractivity contribution in [1.29, 1.82) is 0 Å². The molecule has 0 saturated heterocycles. The van der Waals surface area contributed by atoms with E-state index < -0.39 is 12.1 Å². The molecule has 0 aliphatic rings. The maximum absolute atomic E-state index is 11.4. The van der Waals surface area contributed by atoms with E-state index in [2.05, 4.69) is 0 Å². The fourth-order valence-electron chi connectivity index (χ4n) is 1.57. The van der Waals surface area contributed by atoms with Crippen molar-refractivity contribution >= 4 is 5.97 Å². The number of hydrogen-bond donors (Lipinski definition) is 1. The number of rotatable bonds is 7. The third-order valence-corrected chi connectivity index (χ3v) is 2.59. The molecule has 1 unspecified atom stereocenters. The summed E-state index contributed by atoms with van der Waals surface area (Å²) in [6.07, 6.45) is -0.265. The third kappa shape index (κ3) is 4.79. The molecule has 0 aliphatic carbocycles. The Morgan fingerprint density at radius 1 is 1.21 bits per heavy atom. The molecule has 5 nitrogen and oxygen atoms in total. The van der Waals surface area contributed by atoms with Crippen LogP contribution in [0.4, 0.5) is 0 Å². The third-order valence-electron chi connectivity index (χ3n) is 2.59. The van der Waals surface area contributed by atoms with Crippen LogP contribution in [0.1, 0.15) is 31.4 Å². The van der Waals surface area contributed by atoms with Crippen molar-refractivity contribution in [2.45, 2.75) is 25.9 Å².